The molecule has 0 saturated heterocycles. The quantitative estimate of drug-likeness (QED) is 0.748. The molecule has 4 heteroatoms. The summed E-state index contributed by atoms with van der Waals surface area (Å²) in [6.07, 6.45) is 2.03. The monoisotopic (exact) mass is 228 g/mol. The van der Waals surface area contributed by atoms with Gasteiger partial charge in [-0.05, 0) is 18.3 Å². The molecule has 0 fully saturated rings. The maximum absolute atomic E-state index is 11.1. The van der Waals surface area contributed by atoms with Crippen LogP contribution in [0.4, 0.5) is 0 Å². The van der Waals surface area contributed by atoms with Crippen molar-refractivity contribution in [3.8, 4) is 0 Å². The molecule has 2 amide bonds. The maximum atomic E-state index is 11.1. The molecule has 0 unspecified atom stereocenters. The first kappa shape index (κ1) is 14.9. The first-order chi connectivity index (χ1) is 7.24. The van der Waals surface area contributed by atoms with Crippen LogP contribution < -0.4 is 10.6 Å². The van der Waals surface area contributed by atoms with Gasteiger partial charge in [-0.1, -0.05) is 20.8 Å². The van der Waals surface area contributed by atoms with Crippen molar-refractivity contribution in [2.24, 2.45) is 5.41 Å². The molecular weight excluding hydrogens is 204 g/mol. The summed E-state index contributed by atoms with van der Waals surface area (Å²) in [7, 11) is 1.62. The predicted octanol–water partition coefficient (Wildman–Crippen LogP) is 1.45. The fourth-order valence-electron chi connectivity index (χ4n) is 1.68. The second-order valence-corrected chi connectivity index (χ2v) is 5.37. The topological polar surface area (TPSA) is 58.2 Å². The molecule has 0 heterocycles. The van der Waals surface area contributed by atoms with Crippen molar-refractivity contribution in [3.05, 3.63) is 0 Å². The zero-order chi connectivity index (χ0) is 12.8. The highest BCUT2D eigenvalue weighted by molar-refractivity contribution is 5.76. The van der Waals surface area contributed by atoms with Gasteiger partial charge < -0.3 is 10.6 Å². The molecule has 16 heavy (non-hydrogen) atoms. The van der Waals surface area contributed by atoms with E-state index in [9.17, 15) is 9.59 Å². The fraction of sp³-hybridized carbons (Fsp3) is 0.833. The molecule has 0 saturated carbocycles. The van der Waals surface area contributed by atoms with E-state index in [1.165, 1.54) is 6.92 Å². The largest absolute Gasteiger partial charge is 0.359 e. The third-order valence-corrected chi connectivity index (χ3v) is 2.26. The van der Waals surface area contributed by atoms with Crippen molar-refractivity contribution >= 4 is 11.8 Å². The summed E-state index contributed by atoms with van der Waals surface area (Å²) in [6.45, 7) is 7.89. The number of amides is 2. The van der Waals surface area contributed by atoms with Crippen LogP contribution in [0, 0.1) is 5.41 Å². The van der Waals surface area contributed by atoms with Gasteiger partial charge in [-0.3, -0.25) is 9.59 Å². The number of carbonyl (C=O) groups excluding carboxylic acids is 2. The van der Waals surface area contributed by atoms with E-state index in [1.54, 1.807) is 7.05 Å². The number of hydrogen-bond donors (Lipinski definition) is 2. The lowest BCUT2D eigenvalue weighted by Crippen LogP contribution is -2.37. The highest BCUT2D eigenvalue weighted by atomic mass is 16.2. The Bertz CT molecular complexity index is 244. The van der Waals surface area contributed by atoms with Gasteiger partial charge in [-0.2, -0.15) is 0 Å². The van der Waals surface area contributed by atoms with Gasteiger partial charge in [0.05, 0.1) is 0 Å². The standard InChI is InChI=1S/C12H24N2O2/c1-9(15)14-10(8-12(2,3)4)6-7-11(16)13-5/h10H,6-8H2,1-5H3,(H,13,16)(H,14,15)/t10-/m1/s1. The van der Waals surface area contributed by atoms with Crippen LogP contribution >= 0.6 is 0 Å². The van der Waals surface area contributed by atoms with E-state index < -0.39 is 0 Å². The molecule has 2 N–H and O–H groups in total. The van der Waals surface area contributed by atoms with E-state index in [-0.39, 0.29) is 23.3 Å². The third-order valence-electron chi connectivity index (χ3n) is 2.26. The summed E-state index contributed by atoms with van der Waals surface area (Å²) in [5, 5.41) is 5.48. The van der Waals surface area contributed by atoms with Crippen molar-refractivity contribution in [1.29, 1.82) is 0 Å². The second kappa shape index (κ2) is 6.51. The molecule has 0 radical (unpaired) electrons. The van der Waals surface area contributed by atoms with Crippen molar-refractivity contribution in [2.75, 3.05) is 7.05 Å². The molecule has 0 aromatic rings. The summed E-state index contributed by atoms with van der Waals surface area (Å²) in [4.78, 5) is 22.2. The average Bonchev–Trinajstić information content (AvgIpc) is 2.10. The van der Waals surface area contributed by atoms with Gasteiger partial charge >= 0.3 is 0 Å². The fourth-order valence-corrected chi connectivity index (χ4v) is 1.68. The second-order valence-electron chi connectivity index (χ2n) is 5.37. The molecule has 1 atom stereocenters. The lowest BCUT2D eigenvalue weighted by molar-refractivity contribution is -0.122. The Morgan fingerprint density at radius 3 is 2.19 bits per heavy atom. The van der Waals surface area contributed by atoms with Crippen LogP contribution in [-0.2, 0) is 9.59 Å². The first-order valence-electron chi connectivity index (χ1n) is 5.72. The van der Waals surface area contributed by atoms with Gasteiger partial charge in [-0.25, -0.2) is 0 Å². The van der Waals surface area contributed by atoms with Crippen LogP contribution in [0.15, 0.2) is 0 Å². The zero-order valence-electron chi connectivity index (χ0n) is 11.0. The lowest BCUT2D eigenvalue weighted by Gasteiger charge is -2.26. The van der Waals surface area contributed by atoms with Gasteiger partial charge in [0, 0.05) is 26.4 Å². The van der Waals surface area contributed by atoms with Crippen molar-refractivity contribution in [2.45, 2.75) is 53.0 Å². The van der Waals surface area contributed by atoms with Gasteiger partial charge in [0.25, 0.3) is 0 Å². The van der Waals surface area contributed by atoms with Crippen LogP contribution in [0.5, 0.6) is 0 Å². The summed E-state index contributed by atoms with van der Waals surface area (Å²) < 4.78 is 0. The third kappa shape index (κ3) is 8.26. The number of rotatable bonds is 5. The van der Waals surface area contributed by atoms with Crippen LogP contribution in [0.1, 0.15) is 47.0 Å². The molecule has 0 aliphatic heterocycles. The number of carbonyl (C=O) groups is 2. The van der Waals surface area contributed by atoms with Crippen LogP contribution in [0.3, 0.4) is 0 Å². The Hall–Kier alpha value is -1.06. The van der Waals surface area contributed by atoms with Gasteiger partial charge in [-0.15, -0.1) is 0 Å². The molecular formula is C12H24N2O2. The lowest BCUT2D eigenvalue weighted by atomic mass is 9.86. The zero-order valence-corrected chi connectivity index (χ0v) is 11.0. The molecule has 0 rings (SSSR count). The van der Waals surface area contributed by atoms with Crippen molar-refractivity contribution in [3.63, 3.8) is 0 Å². The molecule has 0 aliphatic carbocycles. The molecule has 0 spiro atoms. The number of hydrogen-bond acceptors (Lipinski definition) is 2. The molecule has 0 aromatic carbocycles. The Kier molecular flexibility index (Phi) is 6.08. The van der Waals surface area contributed by atoms with Gasteiger partial charge in [0.1, 0.15) is 0 Å². The van der Waals surface area contributed by atoms with Crippen LogP contribution in [-0.4, -0.2) is 24.9 Å². The highest BCUT2D eigenvalue weighted by Crippen LogP contribution is 2.22. The molecule has 0 aliphatic rings. The van der Waals surface area contributed by atoms with Crippen molar-refractivity contribution in [1.82, 2.24) is 10.6 Å². The van der Waals surface area contributed by atoms with E-state index in [0.29, 0.717) is 12.8 Å². The summed E-state index contributed by atoms with van der Waals surface area (Å²) in [6, 6.07) is 0.0785. The van der Waals surface area contributed by atoms with Gasteiger partial charge in [0.15, 0.2) is 0 Å². The average molecular weight is 228 g/mol. The van der Waals surface area contributed by atoms with E-state index in [2.05, 4.69) is 31.4 Å². The number of nitrogens with one attached hydrogen (secondary N) is 2. The molecule has 0 bridgehead atoms. The molecule has 94 valence electrons. The summed E-state index contributed by atoms with van der Waals surface area (Å²) >= 11 is 0. The Morgan fingerprint density at radius 2 is 1.81 bits per heavy atom. The Morgan fingerprint density at radius 1 is 1.25 bits per heavy atom. The summed E-state index contributed by atoms with van der Waals surface area (Å²) in [5.41, 5.74) is 0.149. The molecule has 0 aromatic heterocycles. The van der Waals surface area contributed by atoms with Crippen LogP contribution in [0.2, 0.25) is 0 Å². The minimum absolute atomic E-state index is 0.0178. The minimum Gasteiger partial charge on any atom is -0.359 e. The van der Waals surface area contributed by atoms with E-state index >= 15 is 0 Å². The highest BCUT2D eigenvalue weighted by Gasteiger charge is 2.19. The SMILES string of the molecule is CNC(=O)CC[C@H](CC(C)(C)C)NC(C)=O. The smallest absolute Gasteiger partial charge is 0.219 e. The van der Waals surface area contributed by atoms with Crippen molar-refractivity contribution < 1.29 is 9.59 Å². The summed E-state index contributed by atoms with van der Waals surface area (Å²) in [5.74, 6) is -0.0181. The molecule has 4 nitrogen and oxygen atoms in total. The normalized spacial score (nSPS) is 13.1. The van der Waals surface area contributed by atoms with Crippen LogP contribution in [0.25, 0.3) is 0 Å². The predicted molar refractivity (Wildman–Crippen MR) is 65.0 cm³/mol. The maximum Gasteiger partial charge on any atom is 0.219 e. The van der Waals surface area contributed by atoms with Gasteiger partial charge in [0.2, 0.25) is 11.8 Å². The van der Waals surface area contributed by atoms with E-state index in [1.807, 2.05) is 0 Å². The van der Waals surface area contributed by atoms with E-state index in [4.69, 9.17) is 0 Å². The Labute approximate surface area is 98.2 Å². The first-order valence-corrected chi connectivity index (χ1v) is 5.72. The Balaban J connectivity index is 4.21. The minimum atomic E-state index is -0.0360. The van der Waals surface area contributed by atoms with E-state index in [0.717, 1.165) is 6.42 Å².